The van der Waals surface area contributed by atoms with Crippen molar-refractivity contribution in [2.45, 2.75) is 6.92 Å². The number of benzene rings is 1. The average molecular weight is 271 g/mol. The minimum atomic E-state index is -0.735. The predicted molar refractivity (Wildman–Crippen MR) is 62.9 cm³/mol. The Hall–Kier alpha value is -1.56. The second-order valence-corrected chi connectivity index (χ2v) is 3.75. The highest BCUT2D eigenvalue weighted by atomic mass is 79.9. The number of rotatable bonds is 1. The minimum Gasteiger partial charge on any atom is -0.369 e. The number of amides is 2. The number of carbonyl (C=O) groups is 1. The van der Waals surface area contributed by atoms with E-state index in [2.05, 4.69) is 26.2 Å². The van der Waals surface area contributed by atoms with Crippen LogP contribution in [0.4, 0.5) is 10.5 Å². The quantitative estimate of drug-likeness (QED) is 0.531. The van der Waals surface area contributed by atoms with Gasteiger partial charge in [0.05, 0.1) is 5.69 Å². The fourth-order valence-electron chi connectivity index (χ4n) is 1.04. The molecule has 1 aromatic rings. The number of para-hydroxylation sites is 1. The third-order valence-electron chi connectivity index (χ3n) is 1.67. The molecule has 5 nitrogen and oxygen atoms in total. The van der Waals surface area contributed by atoms with Crippen molar-refractivity contribution in [1.29, 1.82) is 0 Å². The van der Waals surface area contributed by atoms with Gasteiger partial charge >= 0.3 is 6.03 Å². The normalized spacial score (nSPS) is 11.2. The number of primary amides is 1. The molecule has 0 aliphatic carbocycles. The van der Waals surface area contributed by atoms with E-state index in [0.717, 1.165) is 10.0 Å². The summed E-state index contributed by atoms with van der Waals surface area (Å²) in [6.45, 7) is 1.89. The van der Waals surface area contributed by atoms with Gasteiger partial charge in [-0.2, -0.15) is 0 Å². The summed E-state index contributed by atoms with van der Waals surface area (Å²) in [6.07, 6.45) is 0. The van der Waals surface area contributed by atoms with Gasteiger partial charge in [0.1, 0.15) is 0 Å². The van der Waals surface area contributed by atoms with Crippen molar-refractivity contribution in [1.82, 2.24) is 5.32 Å². The van der Waals surface area contributed by atoms with Gasteiger partial charge in [0.2, 0.25) is 5.96 Å². The first-order valence-corrected chi connectivity index (χ1v) is 4.95. The third-order valence-corrected chi connectivity index (χ3v) is 2.31. The van der Waals surface area contributed by atoms with Gasteiger partial charge in [-0.1, -0.05) is 12.1 Å². The van der Waals surface area contributed by atoms with E-state index in [9.17, 15) is 4.79 Å². The van der Waals surface area contributed by atoms with Gasteiger partial charge in [0.15, 0.2) is 0 Å². The fraction of sp³-hybridized carbons (Fsp3) is 0.111. The van der Waals surface area contributed by atoms with Crippen molar-refractivity contribution in [2.24, 2.45) is 16.5 Å². The molecule has 0 atom stereocenters. The zero-order valence-corrected chi connectivity index (χ0v) is 9.71. The van der Waals surface area contributed by atoms with Crippen molar-refractivity contribution in [3.05, 3.63) is 28.2 Å². The molecule has 15 heavy (non-hydrogen) atoms. The molecule has 0 saturated heterocycles. The van der Waals surface area contributed by atoms with E-state index < -0.39 is 6.03 Å². The van der Waals surface area contributed by atoms with Crippen LogP contribution in [0.5, 0.6) is 0 Å². The van der Waals surface area contributed by atoms with Gasteiger partial charge in [-0.15, -0.1) is 0 Å². The van der Waals surface area contributed by atoms with Gasteiger partial charge in [-0.3, -0.25) is 5.32 Å². The van der Waals surface area contributed by atoms with Crippen molar-refractivity contribution in [3.63, 3.8) is 0 Å². The second kappa shape index (κ2) is 4.79. The summed E-state index contributed by atoms with van der Waals surface area (Å²) in [4.78, 5) is 14.5. The van der Waals surface area contributed by atoms with Crippen molar-refractivity contribution in [2.75, 3.05) is 0 Å². The van der Waals surface area contributed by atoms with E-state index in [1.54, 1.807) is 0 Å². The molecular weight excluding hydrogens is 260 g/mol. The van der Waals surface area contributed by atoms with Gasteiger partial charge < -0.3 is 11.5 Å². The van der Waals surface area contributed by atoms with Crippen LogP contribution in [-0.2, 0) is 0 Å². The highest BCUT2D eigenvalue weighted by Gasteiger charge is 2.03. The van der Waals surface area contributed by atoms with Crippen molar-refractivity contribution >= 4 is 33.6 Å². The van der Waals surface area contributed by atoms with E-state index in [1.165, 1.54) is 0 Å². The number of halogens is 1. The molecule has 0 unspecified atom stereocenters. The van der Waals surface area contributed by atoms with Gasteiger partial charge in [0.25, 0.3) is 0 Å². The topological polar surface area (TPSA) is 93.5 Å². The lowest BCUT2D eigenvalue weighted by molar-refractivity contribution is 0.253. The number of guanidine groups is 1. The Morgan fingerprint density at radius 2 is 2.13 bits per heavy atom. The summed E-state index contributed by atoms with van der Waals surface area (Å²) in [7, 11) is 0. The zero-order valence-electron chi connectivity index (χ0n) is 8.12. The Morgan fingerprint density at radius 3 is 2.67 bits per heavy atom. The molecule has 0 radical (unpaired) electrons. The molecule has 5 N–H and O–H groups in total. The summed E-state index contributed by atoms with van der Waals surface area (Å²) in [6, 6.07) is 4.88. The first-order valence-electron chi connectivity index (χ1n) is 4.16. The number of carbonyl (C=O) groups excluding carboxylic acids is 1. The molecular formula is C9H11BrN4O. The molecule has 0 fully saturated rings. The second-order valence-electron chi connectivity index (χ2n) is 2.89. The summed E-state index contributed by atoms with van der Waals surface area (Å²) >= 11 is 3.34. The lowest BCUT2D eigenvalue weighted by Crippen LogP contribution is -2.39. The highest BCUT2D eigenvalue weighted by Crippen LogP contribution is 2.28. The third kappa shape index (κ3) is 3.25. The maximum atomic E-state index is 10.5. The number of nitrogens with one attached hydrogen (secondary N) is 1. The molecule has 0 saturated carbocycles. The maximum Gasteiger partial charge on any atom is 0.318 e. The molecule has 0 bridgehead atoms. The van der Waals surface area contributed by atoms with E-state index in [1.807, 2.05) is 25.1 Å². The zero-order chi connectivity index (χ0) is 11.4. The largest absolute Gasteiger partial charge is 0.369 e. The molecule has 0 heterocycles. The smallest absolute Gasteiger partial charge is 0.318 e. The van der Waals surface area contributed by atoms with Crippen LogP contribution in [0.25, 0.3) is 0 Å². The fourth-order valence-corrected chi connectivity index (χ4v) is 1.59. The number of hydrogen-bond acceptors (Lipinski definition) is 2. The number of aliphatic imine (C=N–C) groups is 1. The molecule has 0 spiro atoms. The number of nitrogens with zero attached hydrogens (tertiary/aromatic N) is 1. The number of nitrogens with two attached hydrogens (primary N) is 2. The SMILES string of the molecule is Cc1cccc(Br)c1N=C(N)NC(N)=O. The summed E-state index contributed by atoms with van der Waals surface area (Å²) in [5.74, 6) is -0.0301. The van der Waals surface area contributed by atoms with Crippen LogP contribution in [0, 0.1) is 6.92 Å². The summed E-state index contributed by atoms with van der Waals surface area (Å²) in [5.41, 5.74) is 12.0. The average Bonchev–Trinajstić information content (AvgIpc) is 2.10. The van der Waals surface area contributed by atoms with E-state index >= 15 is 0 Å². The molecule has 1 aromatic carbocycles. The summed E-state index contributed by atoms with van der Waals surface area (Å²) < 4.78 is 0.803. The molecule has 0 aliphatic rings. The lowest BCUT2D eigenvalue weighted by Gasteiger charge is -2.04. The van der Waals surface area contributed by atoms with Crippen LogP contribution in [0.2, 0.25) is 0 Å². The Labute approximate surface area is 95.7 Å². The first-order chi connectivity index (χ1) is 7.00. The standard InChI is InChI=1S/C9H11BrN4O/c1-5-3-2-4-6(10)7(5)13-8(11)14-9(12)15/h2-4H,1H3,(H5,11,12,13,14,15). The Morgan fingerprint density at radius 1 is 1.47 bits per heavy atom. The molecule has 80 valence electrons. The van der Waals surface area contributed by atoms with Crippen molar-refractivity contribution in [3.8, 4) is 0 Å². The van der Waals surface area contributed by atoms with Crippen LogP contribution in [-0.4, -0.2) is 12.0 Å². The van der Waals surface area contributed by atoms with Crippen LogP contribution in [0.3, 0.4) is 0 Å². The van der Waals surface area contributed by atoms with Crippen LogP contribution >= 0.6 is 15.9 Å². The first kappa shape index (κ1) is 11.5. The minimum absolute atomic E-state index is 0.0301. The maximum absolute atomic E-state index is 10.5. The molecule has 1 rings (SSSR count). The molecule has 0 aliphatic heterocycles. The van der Waals surface area contributed by atoms with Crippen LogP contribution in [0.15, 0.2) is 27.7 Å². The lowest BCUT2D eigenvalue weighted by atomic mass is 10.2. The van der Waals surface area contributed by atoms with E-state index in [-0.39, 0.29) is 5.96 Å². The molecule has 6 heteroatoms. The Balaban J connectivity index is 3.02. The summed E-state index contributed by atoms with van der Waals surface area (Å²) in [5, 5.41) is 2.19. The molecule has 0 aromatic heterocycles. The highest BCUT2D eigenvalue weighted by molar-refractivity contribution is 9.10. The van der Waals surface area contributed by atoms with E-state index in [4.69, 9.17) is 11.5 Å². The van der Waals surface area contributed by atoms with Crippen LogP contribution < -0.4 is 16.8 Å². The van der Waals surface area contributed by atoms with Gasteiger partial charge in [-0.05, 0) is 34.5 Å². The number of hydrogen-bond donors (Lipinski definition) is 3. The van der Waals surface area contributed by atoms with Gasteiger partial charge in [-0.25, -0.2) is 9.79 Å². The number of urea groups is 1. The van der Waals surface area contributed by atoms with Gasteiger partial charge in [0, 0.05) is 4.47 Å². The molecule has 2 amide bonds. The monoisotopic (exact) mass is 270 g/mol. The van der Waals surface area contributed by atoms with Crippen molar-refractivity contribution < 1.29 is 4.79 Å². The number of aryl methyl sites for hydroxylation is 1. The predicted octanol–water partition coefficient (Wildman–Crippen LogP) is 1.37. The Kier molecular flexibility index (Phi) is 3.68. The van der Waals surface area contributed by atoms with Crippen LogP contribution in [0.1, 0.15) is 5.56 Å². The van der Waals surface area contributed by atoms with E-state index in [0.29, 0.717) is 5.69 Å². The Bertz CT molecular complexity index is 396.